The summed E-state index contributed by atoms with van der Waals surface area (Å²) in [6.45, 7) is 11.2. The van der Waals surface area contributed by atoms with Crippen LogP contribution >= 0.6 is 0 Å². The van der Waals surface area contributed by atoms with Crippen LogP contribution in [0.5, 0.6) is 0 Å². The molecule has 4 rings (SSSR count). The van der Waals surface area contributed by atoms with E-state index in [1.54, 1.807) is 0 Å². The van der Waals surface area contributed by atoms with Crippen molar-refractivity contribution in [3.05, 3.63) is 47.9 Å². The zero-order chi connectivity index (χ0) is 30.4. The number of alkyl carbamates (subject to hydrolysis) is 2. The first-order chi connectivity index (χ1) is 20.0. The lowest BCUT2D eigenvalue weighted by Gasteiger charge is -2.35. The van der Waals surface area contributed by atoms with E-state index in [-0.39, 0.29) is 17.9 Å². The molecule has 0 saturated carbocycles. The summed E-state index contributed by atoms with van der Waals surface area (Å²) >= 11 is 0. The molecule has 2 heterocycles. The van der Waals surface area contributed by atoms with E-state index in [0.29, 0.717) is 19.6 Å². The van der Waals surface area contributed by atoms with Crippen LogP contribution in [0.3, 0.4) is 0 Å². The van der Waals surface area contributed by atoms with Crippen LogP contribution in [-0.2, 0) is 22.9 Å². The third-order valence-corrected chi connectivity index (χ3v) is 8.09. The van der Waals surface area contributed by atoms with E-state index in [1.807, 2.05) is 70.2 Å². The largest absolute Gasteiger partial charge is 0.444 e. The smallest absolute Gasteiger partial charge is 0.409 e. The molecular weight excluding hydrogens is 534 g/mol. The number of amides is 2. The number of unbranched alkanes of at least 4 members (excludes halogenated alkanes) is 3. The van der Waals surface area contributed by atoms with Gasteiger partial charge in [0.15, 0.2) is 12.0 Å². The molecule has 0 saturated heterocycles. The van der Waals surface area contributed by atoms with Crippen molar-refractivity contribution >= 4 is 28.9 Å². The first-order valence-corrected chi connectivity index (χ1v) is 15.2. The number of carbonyl (C=O) groups is 3. The number of carbonyl (C=O) groups excluding carboxylic acids is 3. The van der Waals surface area contributed by atoms with Gasteiger partial charge < -0.3 is 34.5 Å². The van der Waals surface area contributed by atoms with Gasteiger partial charge in [0.05, 0.1) is 0 Å². The van der Waals surface area contributed by atoms with Gasteiger partial charge >= 0.3 is 12.2 Å². The lowest BCUT2D eigenvalue weighted by molar-refractivity contribution is -0.0124. The fourth-order valence-corrected chi connectivity index (χ4v) is 5.87. The monoisotopic (exact) mass is 581 g/mol. The number of para-hydroxylation sites is 1. The van der Waals surface area contributed by atoms with Crippen LogP contribution < -0.4 is 10.6 Å². The number of benzene rings is 1. The van der Waals surface area contributed by atoms with Crippen molar-refractivity contribution in [2.45, 2.75) is 91.1 Å². The molecular formula is C32H47N5O5. The van der Waals surface area contributed by atoms with Crippen molar-refractivity contribution in [1.29, 1.82) is 0 Å². The molecule has 2 aromatic rings. The van der Waals surface area contributed by atoms with Gasteiger partial charge in [-0.05, 0) is 66.4 Å². The van der Waals surface area contributed by atoms with Gasteiger partial charge in [-0.1, -0.05) is 31.0 Å². The van der Waals surface area contributed by atoms with E-state index < -0.39 is 24.0 Å². The topological polar surface area (TPSA) is 105 Å². The Balaban J connectivity index is 1.14. The second-order valence-electron chi connectivity index (χ2n) is 12.3. The molecule has 1 aliphatic heterocycles. The molecule has 3 unspecified atom stereocenters. The zero-order valence-corrected chi connectivity index (χ0v) is 25.9. The number of ether oxygens (including phenoxy) is 2. The Kier molecular flexibility index (Phi) is 10.1. The molecule has 230 valence electrons. The molecule has 10 nitrogen and oxygen atoms in total. The van der Waals surface area contributed by atoms with Crippen LogP contribution in [0.4, 0.5) is 9.59 Å². The van der Waals surface area contributed by atoms with Gasteiger partial charge in [-0.2, -0.15) is 0 Å². The van der Waals surface area contributed by atoms with Gasteiger partial charge in [-0.25, -0.2) is 9.59 Å². The fourth-order valence-electron chi connectivity index (χ4n) is 5.87. The first-order valence-electron chi connectivity index (χ1n) is 15.2. The van der Waals surface area contributed by atoms with Gasteiger partial charge in [-0.15, -0.1) is 0 Å². The third-order valence-electron chi connectivity index (χ3n) is 8.09. The van der Waals surface area contributed by atoms with E-state index in [4.69, 9.17) is 9.47 Å². The maximum atomic E-state index is 13.6. The molecule has 0 radical (unpaired) electrons. The van der Waals surface area contributed by atoms with Crippen molar-refractivity contribution in [3.8, 4) is 0 Å². The van der Waals surface area contributed by atoms with E-state index in [0.717, 1.165) is 60.7 Å². The average Bonchev–Trinajstić information content (AvgIpc) is 3.43. The minimum atomic E-state index is -0.497. The minimum Gasteiger partial charge on any atom is -0.444 e. The number of nitrogens with one attached hydrogen (secondary N) is 2. The Bertz CT molecular complexity index is 1300. The number of ketones is 1. The highest BCUT2D eigenvalue weighted by molar-refractivity contribution is 6.11. The Hall–Kier alpha value is -3.69. The predicted molar refractivity (Wildman–Crippen MR) is 163 cm³/mol. The normalized spacial score (nSPS) is 19.1. The Labute approximate surface area is 249 Å². The summed E-state index contributed by atoms with van der Waals surface area (Å²) in [5.41, 5.74) is 2.62. The van der Waals surface area contributed by atoms with Crippen LogP contribution in [0.15, 0.2) is 36.7 Å². The molecule has 2 N–H and O–H groups in total. The van der Waals surface area contributed by atoms with E-state index in [2.05, 4.69) is 33.1 Å². The van der Waals surface area contributed by atoms with Crippen molar-refractivity contribution in [2.75, 3.05) is 19.6 Å². The molecule has 2 aliphatic rings. The number of hydrogen-bond donors (Lipinski definition) is 2. The second-order valence-corrected chi connectivity index (χ2v) is 12.3. The molecule has 1 aromatic carbocycles. The third kappa shape index (κ3) is 7.57. The Morgan fingerprint density at radius 1 is 1.02 bits per heavy atom. The van der Waals surface area contributed by atoms with Crippen LogP contribution in [0.1, 0.15) is 82.8 Å². The number of aromatic nitrogens is 1. The molecule has 1 aromatic heterocycles. The Morgan fingerprint density at radius 2 is 1.69 bits per heavy atom. The van der Waals surface area contributed by atoms with Crippen molar-refractivity contribution in [1.82, 2.24) is 25.0 Å². The highest BCUT2D eigenvalue weighted by atomic mass is 16.6. The Morgan fingerprint density at radius 3 is 2.38 bits per heavy atom. The maximum Gasteiger partial charge on any atom is 0.409 e. The summed E-state index contributed by atoms with van der Waals surface area (Å²) in [5.74, 6) is 0.137. The maximum absolute atomic E-state index is 13.6. The van der Waals surface area contributed by atoms with Gasteiger partial charge in [0.1, 0.15) is 11.8 Å². The predicted octanol–water partition coefficient (Wildman–Crippen LogP) is 5.52. The summed E-state index contributed by atoms with van der Waals surface area (Å²) in [6, 6.07) is 8.13. The minimum absolute atomic E-state index is 0.0381. The van der Waals surface area contributed by atoms with E-state index in [9.17, 15) is 14.4 Å². The summed E-state index contributed by atoms with van der Waals surface area (Å²) in [5, 5.41) is 6.63. The molecule has 1 aliphatic carbocycles. The summed E-state index contributed by atoms with van der Waals surface area (Å²) in [6.07, 6.45) is 7.87. The van der Waals surface area contributed by atoms with Crippen molar-refractivity contribution < 1.29 is 23.9 Å². The van der Waals surface area contributed by atoms with Crippen molar-refractivity contribution in [3.63, 3.8) is 0 Å². The number of aryl methyl sites for hydroxylation is 1. The lowest BCUT2D eigenvalue weighted by Crippen LogP contribution is -2.46. The number of rotatable bonds is 11. The number of hydrogen-bond acceptors (Lipinski definition) is 7. The first kappa shape index (κ1) is 31.3. The van der Waals surface area contributed by atoms with E-state index in [1.165, 1.54) is 0 Å². The molecule has 2 amide bonds. The highest BCUT2D eigenvalue weighted by Gasteiger charge is 2.35. The lowest BCUT2D eigenvalue weighted by atomic mass is 9.84. The van der Waals surface area contributed by atoms with Gasteiger partial charge in [-0.3, -0.25) is 4.79 Å². The summed E-state index contributed by atoms with van der Waals surface area (Å²) in [7, 11) is 2.05. The van der Waals surface area contributed by atoms with Crippen LogP contribution in [-0.4, -0.2) is 70.0 Å². The number of fused-ring (bicyclic) bond motifs is 3. The van der Waals surface area contributed by atoms with Gasteiger partial charge in [0, 0.05) is 67.2 Å². The molecule has 42 heavy (non-hydrogen) atoms. The second kappa shape index (κ2) is 13.5. The van der Waals surface area contributed by atoms with Crippen LogP contribution in [0.2, 0.25) is 0 Å². The van der Waals surface area contributed by atoms with E-state index >= 15 is 0 Å². The zero-order valence-electron chi connectivity index (χ0n) is 25.9. The van der Waals surface area contributed by atoms with Gasteiger partial charge in [0.2, 0.25) is 0 Å². The van der Waals surface area contributed by atoms with Crippen LogP contribution in [0, 0.1) is 5.92 Å². The summed E-state index contributed by atoms with van der Waals surface area (Å²) < 4.78 is 13.0. The molecule has 0 bridgehead atoms. The van der Waals surface area contributed by atoms with Crippen LogP contribution in [0.25, 0.3) is 10.9 Å². The highest BCUT2D eigenvalue weighted by Crippen LogP contribution is 2.35. The molecule has 3 atom stereocenters. The molecule has 10 heteroatoms. The standard InChI is InChI=1S/C32H47N5O5/c1-22-36(21-24-15-16-27-28(29(24)38)25-13-9-10-14-26(25)35(27)6)19-20-37(22)23(2)41-30(39)33-17-11-7-8-12-18-34-31(40)42-32(3,4)5/h9-10,13-14,19-20,22-24H,7-8,11-12,15-18,21H2,1-6H3,(H,33,39)(H,34,40). The summed E-state index contributed by atoms with van der Waals surface area (Å²) in [4.78, 5) is 41.8. The fraction of sp³-hybridized carbons (Fsp3) is 0.594. The number of Topliss-reactive ketones (excluding diaryl/α,β-unsaturated/α-hetero) is 1. The SMILES string of the molecule is CC(OC(=O)NCCCCCCNC(=O)OC(C)(C)C)N1C=CN(CC2CCc3c(c4ccccc4n3C)C2=O)C1C. The quantitative estimate of drug-likeness (QED) is 0.337. The number of nitrogens with zero attached hydrogens (tertiary/aromatic N) is 3. The van der Waals surface area contributed by atoms with Gasteiger partial charge in [0.25, 0.3) is 0 Å². The average molecular weight is 582 g/mol. The van der Waals surface area contributed by atoms with Crippen molar-refractivity contribution in [2.24, 2.45) is 13.0 Å². The molecule has 0 spiro atoms. The molecule has 0 fully saturated rings.